The highest BCUT2D eigenvalue weighted by Gasteiger charge is 2.26. The van der Waals surface area contributed by atoms with Crippen molar-refractivity contribution in [3.8, 4) is 0 Å². The first kappa shape index (κ1) is 26.0. The third-order valence-corrected chi connectivity index (χ3v) is 4.45. The number of aliphatic imine (C=N–C) groups is 1. The number of halogens is 1. The summed E-state index contributed by atoms with van der Waals surface area (Å²) < 4.78 is 5.54. The van der Waals surface area contributed by atoms with Crippen LogP contribution in [0.15, 0.2) is 45.8 Å². The topological polar surface area (TPSA) is 90.1 Å². The molecule has 30 heavy (non-hydrogen) atoms. The minimum atomic E-state index is -1.18. The number of amides is 1. The zero-order chi connectivity index (χ0) is 21.4. The second-order valence-electron chi connectivity index (χ2n) is 7.46. The quantitative estimate of drug-likeness (QED) is 0.279. The maximum absolute atomic E-state index is 12.1. The molecule has 1 amide bonds. The van der Waals surface area contributed by atoms with Gasteiger partial charge in [-0.2, -0.15) is 0 Å². The molecule has 1 atom stereocenters. The van der Waals surface area contributed by atoms with E-state index in [4.69, 9.17) is 4.42 Å². The monoisotopic (exact) mass is 528 g/mol. The van der Waals surface area contributed by atoms with Crippen LogP contribution in [0.2, 0.25) is 0 Å². The number of nitrogens with zero attached hydrogens (tertiary/aromatic N) is 2. The first-order chi connectivity index (χ1) is 13.7. The Balaban J connectivity index is 0.00000450. The molecule has 0 aliphatic carbocycles. The molecule has 0 aliphatic heterocycles. The fraction of sp³-hybridized carbons (Fsp3) is 0.455. The van der Waals surface area contributed by atoms with E-state index in [1.165, 1.54) is 0 Å². The lowest BCUT2D eigenvalue weighted by atomic mass is 10.0. The summed E-state index contributed by atoms with van der Waals surface area (Å²) in [5, 5.41) is 17.1. The van der Waals surface area contributed by atoms with Crippen LogP contribution in [0.1, 0.15) is 41.3 Å². The summed E-state index contributed by atoms with van der Waals surface area (Å²) in [6, 6.07) is 11.2. The van der Waals surface area contributed by atoms with Crippen molar-refractivity contribution < 1.29 is 14.3 Å². The van der Waals surface area contributed by atoms with Crippen LogP contribution in [0.4, 0.5) is 0 Å². The van der Waals surface area contributed by atoms with Crippen molar-refractivity contribution >= 4 is 35.8 Å². The van der Waals surface area contributed by atoms with E-state index >= 15 is 0 Å². The Morgan fingerprint density at radius 1 is 1.23 bits per heavy atom. The number of carbonyl (C=O) groups excluding carboxylic acids is 1. The zero-order valence-corrected chi connectivity index (χ0v) is 20.7. The van der Waals surface area contributed by atoms with Crippen LogP contribution in [0.25, 0.3) is 0 Å². The number of hydrogen-bond donors (Lipinski definition) is 3. The summed E-state index contributed by atoms with van der Waals surface area (Å²) in [5.41, 5.74) is 0.564. The van der Waals surface area contributed by atoms with Crippen molar-refractivity contribution in [2.45, 2.75) is 32.8 Å². The summed E-state index contributed by atoms with van der Waals surface area (Å²) in [6.07, 6.45) is 0.743. The fourth-order valence-electron chi connectivity index (χ4n) is 2.82. The van der Waals surface area contributed by atoms with Crippen molar-refractivity contribution in [2.24, 2.45) is 4.99 Å². The molecule has 0 saturated carbocycles. The van der Waals surface area contributed by atoms with Gasteiger partial charge in [0.25, 0.3) is 5.91 Å². The Labute approximate surface area is 196 Å². The van der Waals surface area contributed by atoms with Gasteiger partial charge in [-0.3, -0.25) is 4.79 Å². The molecule has 7 nitrogen and oxygen atoms in total. The Morgan fingerprint density at radius 3 is 2.57 bits per heavy atom. The molecule has 3 N–H and O–H groups in total. The molecule has 2 rings (SSSR count). The summed E-state index contributed by atoms with van der Waals surface area (Å²) >= 11 is 0. The van der Waals surface area contributed by atoms with Gasteiger partial charge in [0.15, 0.2) is 5.96 Å². The largest absolute Gasteiger partial charge is 0.463 e. The van der Waals surface area contributed by atoms with Crippen LogP contribution in [-0.2, 0) is 12.0 Å². The van der Waals surface area contributed by atoms with Gasteiger partial charge in [-0.05, 0) is 57.0 Å². The number of rotatable bonds is 8. The minimum absolute atomic E-state index is 0. The van der Waals surface area contributed by atoms with Crippen LogP contribution < -0.4 is 10.6 Å². The number of aryl methyl sites for hydroxylation is 1. The molecule has 1 unspecified atom stereocenters. The molecule has 0 spiro atoms. The lowest BCUT2D eigenvalue weighted by Gasteiger charge is -2.19. The third kappa shape index (κ3) is 7.64. The van der Waals surface area contributed by atoms with Gasteiger partial charge < -0.3 is 25.1 Å². The fourth-order valence-corrected chi connectivity index (χ4v) is 2.82. The second-order valence-corrected chi connectivity index (χ2v) is 7.46. The molecule has 0 saturated heterocycles. The van der Waals surface area contributed by atoms with Gasteiger partial charge in [-0.1, -0.05) is 12.1 Å². The average Bonchev–Trinajstić information content (AvgIpc) is 3.13. The highest BCUT2D eigenvalue weighted by Crippen LogP contribution is 2.23. The molecule has 2 aromatic rings. The molecular weight excluding hydrogens is 495 g/mol. The number of aliphatic hydroxyl groups is 1. The average molecular weight is 528 g/mol. The van der Waals surface area contributed by atoms with E-state index in [9.17, 15) is 9.90 Å². The van der Waals surface area contributed by atoms with Crippen molar-refractivity contribution in [3.05, 3.63) is 59.0 Å². The molecule has 0 fully saturated rings. The number of benzene rings is 1. The van der Waals surface area contributed by atoms with Crippen LogP contribution in [-0.4, -0.2) is 55.6 Å². The molecular formula is C22H33IN4O3. The molecule has 166 valence electrons. The van der Waals surface area contributed by atoms with E-state index in [0.29, 0.717) is 30.4 Å². The van der Waals surface area contributed by atoms with Gasteiger partial charge >= 0.3 is 0 Å². The first-order valence-electron chi connectivity index (χ1n) is 9.85. The Kier molecular flexibility index (Phi) is 10.3. The van der Waals surface area contributed by atoms with Crippen LogP contribution in [0.5, 0.6) is 0 Å². The van der Waals surface area contributed by atoms with Crippen LogP contribution in [0.3, 0.4) is 0 Å². The highest BCUT2D eigenvalue weighted by molar-refractivity contribution is 14.0. The number of furan rings is 1. The number of nitrogens with one attached hydrogen (secondary N) is 2. The second kappa shape index (κ2) is 11.9. The van der Waals surface area contributed by atoms with Gasteiger partial charge in [0.05, 0.1) is 6.54 Å². The van der Waals surface area contributed by atoms with Crippen LogP contribution >= 0.6 is 24.0 Å². The molecule has 0 aliphatic rings. The predicted molar refractivity (Wildman–Crippen MR) is 131 cm³/mol. The smallest absolute Gasteiger partial charge is 0.253 e. The van der Waals surface area contributed by atoms with Crippen LogP contribution in [0, 0.1) is 6.92 Å². The number of carbonyl (C=O) groups is 1. The summed E-state index contributed by atoms with van der Waals surface area (Å²) in [6.45, 7) is 7.04. The van der Waals surface area contributed by atoms with E-state index in [1.807, 2.05) is 44.2 Å². The Hall–Kier alpha value is -2.07. The van der Waals surface area contributed by atoms with Gasteiger partial charge in [0.2, 0.25) is 0 Å². The Morgan fingerprint density at radius 2 is 1.97 bits per heavy atom. The Bertz CT molecular complexity index is 846. The maximum Gasteiger partial charge on any atom is 0.253 e. The SMILES string of the molecule is CCNC(=NCC(C)(O)c1ccc(C)o1)NCCc1cccc(C(=O)N(C)C)c1.I. The summed E-state index contributed by atoms with van der Waals surface area (Å²) in [4.78, 5) is 18.2. The molecule has 1 heterocycles. The highest BCUT2D eigenvalue weighted by atomic mass is 127. The molecule has 0 bridgehead atoms. The van der Waals surface area contributed by atoms with Gasteiger partial charge in [-0.15, -0.1) is 24.0 Å². The molecule has 8 heteroatoms. The lowest BCUT2D eigenvalue weighted by molar-refractivity contribution is 0.0428. The van der Waals surface area contributed by atoms with Gasteiger partial charge in [0.1, 0.15) is 17.1 Å². The maximum atomic E-state index is 12.1. The lowest BCUT2D eigenvalue weighted by Crippen LogP contribution is -2.39. The van der Waals surface area contributed by atoms with E-state index in [-0.39, 0.29) is 36.4 Å². The first-order valence-corrected chi connectivity index (χ1v) is 9.85. The summed E-state index contributed by atoms with van der Waals surface area (Å²) in [7, 11) is 3.49. The molecule has 1 aromatic carbocycles. The summed E-state index contributed by atoms with van der Waals surface area (Å²) in [5.74, 6) is 1.86. The molecule has 1 aromatic heterocycles. The van der Waals surface area contributed by atoms with E-state index < -0.39 is 5.60 Å². The van der Waals surface area contributed by atoms with Gasteiger partial charge in [0, 0.05) is 32.7 Å². The van der Waals surface area contributed by atoms with E-state index in [2.05, 4.69) is 15.6 Å². The van der Waals surface area contributed by atoms with Crippen molar-refractivity contribution in [2.75, 3.05) is 33.7 Å². The normalized spacial score (nSPS) is 13.2. The van der Waals surface area contributed by atoms with Crippen molar-refractivity contribution in [3.63, 3.8) is 0 Å². The van der Waals surface area contributed by atoms with Crippen molar-refractivity contribution in [1.29, 1.82) is 0 Å². The van der Waals surface area contributed by atoms with E-state index in [1.54, 1.807) is 32.0 Å². The third-order valence-electron chi connectivity index (χ3n) is 4.45. The zero-order valence-electron chi connectivity index (χ0n) is 18.4. The predicted octanol–water partition coefficient (Wildman–Crippen LogP) is 2.91. The van der Waals surface area contributed by atoms with Crippen molar-refractivity contribution in [1.82, 2.24) is 15.5 Å². The number of guanidine groups is 1. The minimum Gasteiger partial charge on any atom is -0.463 e. The van der Waals surface area contributed by atoms with Gasteiger partial charge in [-0.25, -0.2) is 4.99 Å². The standard InChI is InChI=1S/C22H32N4O3.HI/c1-6-23-21(25-15-22(3,28)19-11-10-16(2)29-19)24-13-12-17-8-7-9-18(14-17)20(27)26(4)5;/h7-11,14,28H,6,12-13,15H2,1-5H3,(H2,23,24,25);1H. The number of hydrogen-bond acceptors (Lipinski definition) is 4. The van der Waals surface area contributed by atoms with E-state index in [0.717, 1.165) is 17.7 Å². The molecule has 0 radical (unpaired) electrons.